The molecular weight excluding hydrogens is 326 g/mol. The summed E-state index contributed by atoms with van der Waals surface area (Å²) in [5.74, 6) is 0.255. The van der Waals surface area contributed by atoms with Gasteiger partial charge in [-0.3, -0.25) is 4.79 Å². The van der Waals surface area contributed by atoms with Gasteiger partial charge in [0, 0.05) is 24.7 Å². The number of aliphatic hydroxyl groups is 1. The van der Waals surface area contributed by atoms with Gasteiger partial charge in [-0.25, -0.2) is 4.98 Å². The number of rotatable bonds is 2. The molecule has 1 aromatic heterocycles. The van der Waals surface area contributed by atoms with E-state index in [0.29, 0.717) is 18.5 Å². The monoisotopic (exact) mass is 351 g/mol. The van der Waals surface area contributed by atoms with E-state index in [1.165, 1.54) is 0 Å². The van der Waals surface area contributed by atoms with Gasteiger partial charge in [-0.1, -0.05) is 43.2 Å². The van der Waals surface area contributed by atoms with Crippen LogP contribution in [0.1, 0.15) is 48.0 Å². The number of anilines is 1. The maximum absolute atomic E-state index is 13.1. The lowest BCUT2D eigenvalue weighted by Crippen LogP contribution is -2.59. The summed E-state index contributed by atoms with van der Waals surface area (Å²) in [5.41, 5.74) is 6.48. The zero-order valence-corrected chi connectivity index (χ0v) is 14.8. The highest BCUT2D eigenvalue weighted by molar-refractivity contribution is 5.98. The van der Waals surface area contributed by atoms with Gasteiger partial charge in [0.25, 0.3) is 5.91 Å². The van der Waals surface area contributed by atoms with E-state index in [9.17, 15) is 9.90 Å². The third-order valence-corrected chi connectivity index (χ3v) is 6.08. The molecule has 3 N–H and O–H groups in total. The summed E-state index contributed by atoms with van der Waals surface area (Å²) in [6.45, 7) is 0.528. The third kappa shape index (κ3) is 2.76. The Balaban J connectivity index is 1.67. The molecule has 1 aliphatic carbocycles. The van der Waals surface area contributed by atoms with Crippen LogP contribution in [0.5, 0.6) is 0 Å². The minimum Gasteiger partial charge on any atom is -0.385 e. The highest BCUT2D eigenvalue weighted by Gasteiger charge is 2.50. The van der Waals surface area contributed by atoms with Crippen molar-refractivity contribution in [1.29, 1.82) is 0 Å². The van der Waals surface area contributed by atoms with E-state index < -0.39 is 5.60 Å². The van der Waals surface area contributed by atoms with Gasteiger partial charge in [-0.2, -0.15) is 0 Å². The minimum atomic E-state index is -0.871. The van der Waals surface area contributed by atoms with Gasteiger partial charge in [0.15, 0.2) is 0 Å². The fourth-order valence-corrected chi connectivity index (χ4v) is 4.77. The predicted octanol–water partition coefficient (Wildman–Crippen LogP) is 2.96. The van der Waals surface area contributed by atoms with E-state index in [0.717, 1.165) is 31.2 Å². The van der Waals surface area contributed by atoms with E-state index in [-0.39, 0.29) is 23.7 Å². The topological polar surface area (TPSA) is 79.5 Å². The zero-order chi connectivity index (χ0) is 18.1. The molecule has 5 heteroatoms. The SMILES string of the molecule is Nc1ncccc1C(=O)N1CC[C@@](O)(c2ccccc2)[C@@H]2CCCCC21. The van der Waals surface area contributed by atoms with Crippen LogP contribution in [-0.4, -0.2) is 33.5 Å². The second-order valence-corrected chi connectivity index (χ2v) is 7.43. The van der Waals surface area contributed by atoms with Gasteiger partial charge in [0.05, 0.1) is 11.2 Å². The van der Waals surface area contributed by atoms with Crippen molar-refractivity contribution < 1.29 is 9.90 Å². The molecule has 5 nitrogen and oxygen atoms in total. The number of fused-ring (bicyclic) bond motifs is 1. The number of hydrogen-bond acceptors (Lipinski definition) is 4. The third-order valence-electron chi connectivity index (χ3n) is 6.08. The normalized spacial score (nSPS) is 28.4. The molecule has 1 aromatic carbocycles. The number of carbonyl (C=O) groups is 1. The molecule has 4 rings (SSSR count). The molecule has 0 spiro atoms. The summed E-state index contributed by atoms with van der Waals surface area (Å²) in [4.78, 5) is 19.1. The van der Waals surface area contributed by atoms with Gasteiger partial charge >= 0.3 is 0 Å². The molecule has 3 atom stereocenters. The Morgan fingerprint density at radius 3 is 2.69 bits per heavy atom. The van der Waals surface area contributed by atoms with Crippen molar-refractivity contribution in [3.8, 4) is 0 Å². The molecule has 1 aliphatic heterocycles. The number of benzene rings is 1. The highest BCUT2D eigenvalue weighted by atomic mass is 16.3. The summed E-state index contributed by atoms with van der Waals surface area (Å²) in [6, 6.07) is 13.4. The van der Waals surface area contributed by atoms with Gasteiger partial charge in [-0.15, -0.1) is 0 Å². The van der Waals surface area contributed by atoms with Gasteiger partial charge in [0.2, 0.25) is 0 Å². The first kappa shape index (κ1) is 17.0. The molecule has 2 heterocycles. The first-order valence-corrected chi connectivity index (χ1v) is 9.40. The maximum atomic E-state index is 13.1. The Kier molecular flexibility index (Phi) is 4.41. The zero-order valence-electron chi connectivity index (χ0n) is 14.8. The van der Waals surface area contributed by atoms with Crippen LogP contribution in [0, 0.1) is 5.92 Å². The Labute approximate surface area is 153 Å². The number of nitrogens with zero attached hydrogens (tertiary/aromatic N) is 2. The standard InChI is InChI=1S/C21H25N3O2/c22-19-16(9-6-13-23-19)20(25)24-14-12-21(26,15-7-2-1-3-8-15)17-10-4-5-11-18(17)24/h1-3,6-9,13,17-18,26H,4-5,10-12,14H2,(H2,22,23)/t17-,18?,21-/m1/s1. The lowest BCUT2D eigenvalue weighted by molar-refractivity contribution is -0.110. The van der Waals surface area contributed by atoms with E-state index in [1.54, 1.807) is 18.3 Å². The molecule has 2 fully saturated rings. The largest absolute Gasteiger partial charge is 0.385 e. The molecule has 0 radical (unpaired) electrons. The second-order valence-electron chi connectivity index (χ2n) is 7.43. The van der Waals surface area contributed by atoms with Gasteiger partial charge < -0.3 is 15.7 Å². The Bertz CT molecular complexity index is 795. The number of pyridine rings is 1. The van der Waals surface area contributed by atoms with Crippen LogP contribution in [-0.2, 0) is 5.60 Å². The van der Waals surface area contributed by atoms with Crippen LogP contribution >= 0.6 is 0 Å². The lowest BCUT2D eigenvalue weighted by Gasteiger charge is -2.52. The Morgan fingerprint density at radius 1 is 1.15 bits per heavy atom. The summed E-state index contributed by atoms with van der Waals surface area (Å²) in [6.07, 6.45) is 6.17. The smallest absolute Gasteiger partial charge is 0.257 e. The number of nitrogen functional groups attached to an aromatic ring is 1. The minimum absolute atomic E-state index is 0.0369. The highest BCUT2D eigenvalue weighted by Crippen LogP contribution is 2.47. The van der Waals surface area contributed by atoms with Crippen LogP contribution in [0.2, 0.25) is 0 Å². The molecule has 2 aromatic rings. The molecule has 26 heavy (non-hydrogen) atoms. The van der Waals surface area contributed by atoms with Crippen LogP contribution < -0.4 is 5.73 Å². The average molecular weight is 351 g/mol. The number of likely N-dealkylation sites (tertiary alicyclic amines) is 1. The number of amides is 1. The summed E-state index contributed by atoms with van der Waals surface area (Å²) in [7, 11) is 0. The summed E-state index contributed by atoms with van der Waals surface area (Å²) < 4.78 is 0. The number of hydrogen-bond donors (Lipinski definition) is 2. The quantitative estimate of drug-likeness (QED) is 0.872. The summed E-state index contributed by atoms with van der Waals surface area (Å²) in [5, 5.41) is 11.6. The van der Waals surface area contributed by atoms with Crippen LogP contribution in [0.15, 0.2) is 48.7 Å². The fourth-order valence-electron chi connectivity index (χ4n) is 4.77. The van der Waals surface area contributed by atoms with Crippen molar-refractivity contribution in [2.75, 3.05) is 12.3 Å². The van der Waals surface area contributed by atoms with Crippen LogP contribution in [0.3, 0.4) is 0 Å². The molecule has 136 valence electrons. The Hall–Kier alpha value is -2.40. The van der Waals surface area contributed by atoms with Crippen molar-refractivity contribution >= 4 is 11.7 Å². The van der Waals surface area contributed by atoms with E-state index in [4.69, 9.17) is 5.73 Å². The van der Waals surface area contributed by atoms with Gasteiger partial charge in [0.1, 0.15) is 5.82 Å². The summed E-state index contributed by atoms with van der Waals surface area (Å²) >= 11 is 0. The number of carbonyl (C=O) groups excluding carboxylic acids is 1. The Morgan fingerprint density at radius 2 is 1.92 bits per heavy atom. The van der Waals surface area contributed by atoms with E-state index in [1.807, 2.05) is 35.2 Å². The molecule has 0 bridgehead atoms. The van der Waals surface area contributed by atoms with Crippen molar-refractivity contribution in [3.05, 3.63) is 59.8 Å². The molecule has 2 aliphatic rings. The lowest BCUT2D eigenvalue weighted by atomic mass is 9.66. The number of nitrogens with two attached hydrogens (primary N) is 1. The number of aromatic nitrogens is 1. The van der Waals surface area contributed by atoms with Crippen molar-refractivity contribution in [3.63, 3.8) is 0 Å². The van der Waals surface area contributed by atoms with Crippen LogP contribution in [0.4, 0.5) is 5.82 Å². The first-order chi connectivity index (χ1) is 12.6. The van der Waals surface area contributed by atoms with Crippen molar-refractivity contribution in [2.45, 2.75) is 43.7 Å². The molecule has 1 amide bonds. The maximum Gasteiger partial charge on any atom is 0.257 e. The fraction of sp³-hybridized carbons (Fsp3) is 0.429. The average Bonchev–Trinajstić information content (AvgIpc) is 2.69. The molecular formula is C21H25N3O2. The van der Waals surface area contributed by atoms with Crippen molar-refractivity contribution in [2.24, 2.45) is 5.92 Å². The number of piperidine rings is 1. The van der Waals surface area contributed by atoms with Crippen LogP contribution in [0.25, 0.3) is 0 Å². The van der Waals surface area contributed by atoms with E-state index in [2.05, 4.69) is 4.98 Å². The molecule has 1 unspecified atom stereocenters. The second kappa shape index (κ2) is 6.72. The predicted molar refractivity (Wildman–Crippen MR) is 100 cm³/mol. The first-order valence-electron chi connectivity index (χ1n) is 9.40. The van der Waals surface area contributed by atoms with E-state index >= 15 is 0 Å². The molecule has 1 saturated heterocycles. The van der Waals surface area contributed by atoms with Crippen molar-refractivity contribution in [1.82, 2.24) is 9.88 Å². The van der Waals surface area contributed by atoms with Gasteiger partial charge in [-0.05, 0) is 37.0 Å². The molecule has 1 saturated carbocycles.